The van der Waals surface area contributed by atoms with Gasteiger partial charge in [-0.3, -0.25) is 4.79 Å². The minimum atomic E-state index is -3.41. The summed E-state index contributed by atoms with van der Waals surface area (Å²) in [6.45, 7) is 5.19. The van der Waals surface area contributed by atoms with Crippen LogP contribution < -0.4 is 5.32 Å². The molecule has 2 heterocycles. The standard InChI is InChI=1S/C16H19Cl2N3O4S/c1-2-26(24,25)21-8-10-6-20(7-11(10)9-21)16(23)5-19-14-3-12(17)13(18)4-15(14)22/h2-4,10-11,19,22H,1,5-9H2. The van der Waals surface area contributed by atoms with Crippen LogP contribution in [0, 0.1) is 11.8 Å². The monoisotopic (exact) mass is 419 g/mol. The van der Waals surface area contributed by atoms with Crippen LogP contribution in [0.1, 0.15) is 0 Å². The Bertz CT molecular complexity index is 832. The molecule has 1 aromatic carbocycles. The molecule has 0 radical (unpaired) electrons. The van der Waals surface area contributed by atoms with Crippen molar-refractivity contribution in [1.82, 2.24) is 9.21 Å². The maximum atomic E-state index is 12.4. The van der Waals surface area contributed by atoms with Crippen molar-refractivity contribution in [1.29, 1.82) is 0 Å². The number of sulfonamides is 1. The Kier molecular flexibility index (Phi) is 5.39. The zero-order valence-corrected chi connectivity index (χ0v) is 16.2. The summed E-state index contributed by atoms with van der Waals surface area (Å²) in [6.07, 6.45) is 0. The summed E-state index contributed by atoms with van der Waals surface area (Å²) in [5.41, 5.74) is 0.329. The first-order valence-electron chi connectivity index (χ1n) is 8.03. The van der Waals surface area contributed by atoms with Crippen molar-refractivity contribution in [3.8, 4) is 5.75 Å². The van der Waals surface area contributed by atoms with E-state index in [9.17, 15) is 18.3 Å². The zero-order valence-electron chi connectivity index (χ0n) is 13.9. The minimum Gasteiger partial charge on any atom is -0.506 e. The molecule has 2 unspecified atom stereocenters. The average molecular weight is 420 g/mol. The smallest absolute Gasteiger partial charge is 0.241 e. The van der Waals surface area contributed by atoms with Gasteiger partial charge in [0, 0.05) is 37.7 Å². The van der Waals surface area contributed by atoms with Crippen LogP contribution in [0.15, 0.2) is 24.1 Å². The van der Waals surface area contributed by atoms with Crippen molar-refractivity contribution >= 4 is 44.8 Å². The zero-order chi connectivity index (χ0) is 19.1. The molecular weight excluding hydrogens is 401 g/mol. The van der Waals surface area contributed by atoms with E-state index in [1.54, 1.807) is 4.90 Å². The summed E-state index contributed by atoms with van der Waals surface area (Å²) in [5, 5.41) is 14.2. The fourth-order valence-corrected chi connectivity index (χ4v) is 4.76. The van der Waals surface area contributed by atoms with E-state index in [0.717, 1.165) is 5.41 Å². The molecule has 142 valence electrons. The molecule has 0 saturated carbocycles. The number of halogens is 2. The minimum absolute atomic E-state index is 0.000365. The summed E-state index contributed by atoms with van der Waals surface area (Å²) in [4.78, 5) is 14.1. The first-order valence-corrected chi connectivity index (χ1v) is 10.3. The van der Waals surface area contributed by atoms with Crippen LogP contribution in [-0.2, 0) is 14.8 Å². The van der Waals surface area contributed by atoms with E-state index in [1.807, 2.05) is 0 Å². The molecule has 0 aliphatic carbocycles. The predicted octanol–water partition coefficient (Wildman–Crippen LogP) is 1.97. The molecule has 2 fully saturated rings. The van der Waals surface area contributed by atoms with Crippen LogP contribution >= 0.6 is 23.2 Å². The molecule has 2 aliphatic heterocycles. The van der Waals surface area contributed by atoms with Gasteiger partial charge in [0.1, 0.15) is 5.75 Å². The Morgan fingerprint density at radius 2 is 1.81 bits per heavy atom. The van der Waals surface area contributed by atoms with Crippen molar-refractivity contribution in [3.63, 3.8) is 0 Å². The van der Waals surface area contributed by atoms with Crippen LogP contribution in [0.5, 0.6) is 5.75 Å². The second-order valence-electron chi connectivity index (χ2n) is 6.48. The lowest BCUT2D eigenvalue weighted by Gasteiger charge is -2.21. The molecule has 3 rings (SSSR count). The van der Waals surface area contributed by atoms with E-state index in [4.69, 9.17) is 23.2 Å². The summed E-state index contributed by atoms with van der Waals surface area (Å²) < 4.78 is 25.1. The number of phenolic OH excluding ortho intramolecular Hbond substituents is 1. The van der Waals surface area contributed by atoms with Gasteiger partial charge in [-0.2, -0.15) is 4.31 Å². The molecule has 0 bridgehead atoms. The molecule has 0 spiro atoms. The van der Waals surface area contributed by atoms with E-state index in [2.05, 4.69) is 11.9 Å². The lowest BCUT2D eigenvalue weighted by atomic mass is 10.0. The molecule has 2 atom stereocenters. The van der Waals surface area contributed by atoms with Gasteiger partial charge in [-0.1, -0.05) is 29.8 Å². The van der Waals surface area contributed by atoms with Gasteiger partial charge in [-0.05, 0) is 17.9 Å². The van der Waals surface area contributed by atoms with Crippen LogP contribution in [-0.4, -0.2) is 61.4 Å². The number of aromatic hydroxyl groups is 1. The third-order valence-electron chi connectivity index (χ3n) is 4.84. The van der Waals surface area contributed by atoms with Crippen molar-refractivity contribution in [2.75, 3.05) is 38.0 Å². The maximum absolute atomic E-state index is 12.4. The van der Waals surface area contributed by atoms with Gasteiger partial charge in [0.2, 0.25) is 15.9 Å². The highest BCUT2D eigenvalue weighted by Gasteiger charge is 2.44. The lowest BCUT2D eigenvalue weighted by Crippen LogP contribution is -2.37. The highest BCUT2D eigenvalue weighted by molar-refractivity contribution is 7.92. The Morgan fingerprint density at radius 3 is 2.38 bits per heavy atom. The third kappa shape index (κ3) is 3.78. The average Bonchev–Trinajstić information content (AvgIpc) is 3.16. The number of likely N-dealkylation sites (tertiary alicyclic amines) is 1. The molecular formula is C16H19Cl2N3O4S. The summed E-state index contributed by atoms with van der Waals surface area (Å²) in [5.74, 6) is 0.0536. The normalized spacial score (nSPS) is 23.1. The van der Waals surface area contributed by atoms with Gasteiger partial charge in [0.05, 0.1) is 22.3 Å². The van der Waals surface area contributed by atoms with Crippen LogP contribution in [0.4, 0.5) is 5.69 Å². The van der Waals surface area contributed by atoms with Crippen molar-refractivity contribution in [2.24, 2.45) is 11.8 Å². The highest BCUT2D eigenvalue weighted by atomic mass is 35.5. The van der Waals surface area contributed by atoms with E-state index >= 15 is 0 Å². The fraction of sp³-hybridized carbons (Fsp3) is 0.438. The molecule has 1 amide bonds. The number of hydrogen-bond acceptors (Lipinski definition) is 5. The SMILES string of the molecule is C=CS(=O)(=O)N1CC2CN(C(=O)CNc3cc(Cl)c(Cl)cc3O)CC2C1. The Labute approximate surface area is 162 Å². The van der Waals surface area contributed by atoms with Gasteiger partial charge in [0.15, 0.2) is 0 Å². The van der Waals surface area contributed by atoms with Crippen molar-refractivity contribution < 1.29 is 18.3 Å². The number of phenols is 1. The number of carbonyl (C=O) groups excluding carboxylic acids is 1. The second kappa shape index (κ2) is 7.26. The number of fused-ring (bicyclic) bond motifs is 1. The number of anilines is 1. The highest BCUT2D eigenvalue weighted by Crippen LogP contribution is 2.34. The topological polar surface area (TPSA) is 90.0 Å². The van der Waals surface area contributed by atoms with E-state index in [1.165, 1.54) is 16.4 Å². The van der Waals surface area contributed by atoms with Gasteiger partial charge in [-0.25, -0.2) is 8.42 Å². The van der Waals surface area contributed by atoms with Gasteiger partial charge < -0.3 is 15.3 Å². The first-order chi connectivity index (χ1) is 12.2. The Balaban J connectivity index is 1.56. The van der Waals surface area contributed by atoms with E-state index < -0.39 is 10.0 Å². The van der Waals surface area contributed by atoms with Crippen LogP contribution in [0.25, 0.3) is 0 Å². The molecule has 1 aromatic rings. The summed E-state index contributed by atoms with van der Waals surface area (Å²) >= 11 is 11.7. The van der Waals surface area contributed by atoms with Gasteiger partial charge >= 0.3 is 0 Å². The second-order valence-corrected chi connectivity index (χ2v) is 9.18. The Hall–Kier alpha value is -1.48. The third-order valence-corrected chi connectivity index (χ3v) is 7.01. The number of rotatable bonds is 5. The van der Waals surface area contributed by atoms with Gasteiger partial charge in [-0.15, -0.1) is 0 Å². The van der Waals surface area contributed by atoms with E-state index in [0.29, 0.717) is 31.9 Å². The molecule has 26 heavy (non-hydrogen) atoms. The number of amides is 1. The summed E-state index contributed by atoms with van der Waals surface area (Å²) in [6, 6.07) is 2.77. The van der Waals surface area contributed by atoms with Crippen molar-refractivity contribution in [3.05, 3.63) is 34.2 Å². The van der Waals surface area contributed by atoms with E-state index in [-0.39, 0.29) is 40.1 Å². The molecule has 0 aromatic heterocycles. The predicted molar refractivity (Wildman–Crippen MR) is 101 cm³/mol. The largest absolute Gasteiger partial charge is 0.506 e. The number of hydrogen-bond donors (Lipinski definition) is 2. The number of carbonyl (C=O) groups is 1. The van der Waals surface area contributed by atoms with Crippen LogP contribution in [0.2, 0.25) is 10.0 Å². The molecule has 10 heteroatoms. The lowest BCUT2D eigenvalue weighted by molar-refractivity contribution is -0.128. The quantitative estimate of drug-likeness (QED) is 0.711. The molecule has 2 saturated heterocycles. The maximum Gasteiger partial charge on any atom is 0.241 e. The Morgan fingerprint density at radius 1 is 1.23 bits per heavy atom. The van der Waals surface area contributed by atoms with Crippen molar-refractivity contribution in [2.45, 2.75) is 0 Å². The molecule has 7 nitrogen and oxygen atoms in total. The van der Waals surface area contributed by atoms with Crippen LogP contribution in [0.3, 0.4) is 0 Å². The molecule has 2 N–H and O–H groups in total. The fourth-order valence-electron chi connectivity index (χ4n) is 3.43. The van der Waals surface area contributed by atoms with Gasteiger partial charge in [0.25, 0.3) is 0 Å². The number of nitrogens with one attached hydrogen (secondary N) is 1. The summed E-state index contributed by atoms with van der Waals surface area (Å²) in [7, 11) is -3.41. The number of nitrogens with zero attached hydrogens (tertiary/aromatic N) is 2. The first kappa shape index (κ1) is 19.3. The number of benzene rings is 1. The molecule has 2 aliphatic rings.